The number of likely N-dealkylation sites (tertiary alicyclic amines) is 1. The summed E-state index contributed by atoms with van der Waals surface area (Å²) in [5.74, 6) is 3.31. The summed E-state index contributed by atoms with van der Waals surface area (Å²) in [6.45, 7) is 7.31. The quantitative estimate of drug-likeness (QED) is 0.797. The molecule has 1 atom stereocenters. The molecular weight excluding hydrogens is 342 g/mol. The molecule has 1 fully saturated rings. The summed E-state index contributed by atoms with van der Waals surface area (Å²) >= 11 is 0. The van der Waals surface area contributed by atoms with Crippen molar-refractivity contribution in [3.8, 4) is 17.2 Å². The number of rotatable bonds is 7. The molecule has 1 aliphatic rings. The molecule has 0 bridgehead atoms. The van der Waals surface area contributed by atoms with E-state index in [-0.39, 0.29) is 0 Å². The second kappa shape index (κ2) is 8.65. The Morgan fingerprint density at radius 2 is 1.85 bits per heavy atom. The van der Waals surface area contributed by atoms with Crippen LogP contribution in [-0.4, -0.2) is 49.5 Å². The predicted molar refractivity (Wildman–Crippen MR) is 106 cm³/mol. The summed E-state index contributed by atoms with van der Waals surface area (Å²) in [5, 5.41) is 7.56. The largest absolute Gasteiger partial charge is 0.496 e. The fraction of sp³-hybridized carbons (Fsp3) is 0.571. The number of nitrogens with one attached hydrogen (secondary N) is 1. The van der Waals surface area contributed by atoms with Crippen molar-refractivity contribution in [2.75, 3.05) is 34.4 Å². The molecule has 1 saturated heterocycles. The zero-order chi connectivity index (χ0) is 19.4. The number of aromatic nitrogens is 2. The van der Waals surface area contributed by atoms with Crippen molar-refractivity contribution in [2.24, 2.45) is 0 Å². The predicted octanol–water partition coefficient (Wildman–Crippen LogP) is 3.94. The number of piperidine rings is 1. The van der Waals surface area contributed by atoms with Gasteiger partial charge in [0.1, 0.15) is 17.2 Å². The molecule has 0 saturated carbocycles. The molecule has 27 heavy (non-hydrogen) atoms. The SMILES string of the molecule is COc1cc(OC)c(CN2CCC[C@@H](c3[nH]ncc3C(C)C)C2)c(OC)c1. The molecule has 0 spiro atoms. The molecular formula is C21H31N3O3. The van der Waals surface area contributed by atoms with Crippen molar-refractivity contribution < 1.29 is 14.2 Å². The summed E-state index contributed by atoms with van der Waals surface area (Å²) in [6, 6.07) is 3.84. The summed E-state index contributed by atoms with van der Waals surface area (Å²) in [5.41, 5.74) is 3.69. The van der Waals surface area contributed by atoms with Crippen LogP contribution in [0.5, 0.6) is 17.2 Å². The minimum atomic E-state index is 0.480. The van der Waals surface area contributed by atoms with Gasteiger partial charge in [-0.15, -0.1) is 0 Å². The molecule has 2 aromatic rings. The van der Waals surface area contributed by atoms with Crippen LogP contribution >= 0.6 is 0 Å². The average Bonchev–Trinajstić information content (AvgIpc) is 3.18. The minimum absolute atomic E-state index is 0.480. The number of benzene rings is 1. The maximum Gasteiger partial charge on any atom is 0.130 e. The molecule has 0 amide bonds. The number of H-pyrrole nitrogens is 1. The fourth-order valence-electron chi connectivity index (χ4n) is 3.98. The Balaban J connectivity index is 1.81. The second-order valence-corrected chi connectivity index (χ2v) is 7.48. The first-order valence-electron chi connectivity index (χ1n) is 9.61. The van der Waals surface area contributed by atoms with Gasteiger partial charge in [0.15, 0.2) is 0 Å². The van der Waals surface area contributed by atoms with Crippen LogP contribution in [0, 0.1) is 0 Å². The van der Waals surface area contributed by atoms with Gasteiger partial charge < -0.3 is 14.2 Å². The zero-order valence-electron chi connectivity index (χ0n) is 17.0. The number of ether oxygens (including phenoxy) is 3. The van der Waals surface area contributed by atoms with Gasteiger partial charge in [0, 0.05) is 36.8 Å². The normalized spacial score (nSPS) is 17.9. The van der Waals surface area contributed by atoms with Gasteiger partial charge in [0.2, 0.25) is 0 Å². The molecule has 1 aromatic heterocycles. The van der Waals surface area contributed by atoms with Crippen LogP contribution in [0.15, 0.2) is 18.3 Å². The van der Waals surface area contributed by atoms with Gasteiger partial charge in [-0.25, -0.2) is 0 Å². The van der Waals surface area contributed by atoms with E-state index >= 15 is 0 Å². The Labute approximate surface area is 161 Å². The first-order valence-corrected chi connectivity index (χ1v) is 9.61. The van der Waals surface area contributed by atoms with Crippen molar-refractivity contribution in [3.05, 3.63) is 35.2 Å². The zero-order valence-corrected chi connectivity index (χ0v) is 17.0. The second-order valence-electron chi connectivity index (χ2n) is 7.48. The van der Waals surface area contributed by atoms with E-state index in [9.17, 15) is 0 Å². The Kier molecular flexibility index (Phi) is 6.26. The van der Waals surface area contributed by atoms with Crippen LogP contribution in [0.3, 0.4) is 0 Å². The fourth-order valence-corrected chi connectivity index (χ4v) is 3.98. The van der Waals surface area contributed by atoms with E-state index in [0.717, 1.165) is 42.4 Å². The Bertz CT molecular complexity index is 732. The number of nitrogens with zero attached hydrogens (tertiary/aromatic N) is 2. The van der Waals surface area contributed by atoms with Gasteiger partial charge in [-0.05, 0) is 30.9 Å². The maximum absolute atomic E-state index is 5.62. The molecule has 0 radical (unpaired) electrons. The van der Waals surface area contributed by atoms with Gasteiger partial charge in [-0.1, -0.05) is 13.8 Å². The molecule has 2 heterocycles. The van der Waals surface area contributed by atoms with E-state index in [2.05, 4.69) is 28.9 Å². The molecule has 3 rings (SSSR count). The van der Waals surface area contributed by atoms with Crippen molar-refractivity contribution >= 4 is 0 Å². The Morgan fingerprint density at radius 1 is 1.15 bits per heavy atom. The van der Waals surface area contributed by atoms with E-state index in [1.165, 1.54) is 24.1 Å². The first kappa shape index (κ1) is 19.5. The van der Waals surface area contributed by atoms with Gasteiger partial charge in [-0.2, -0.15) is 5.10 Å². The van der Waals surface area contributed by atoms with Crippen molar-refractivity contribution in [1.29, 1.82) is 0 Å². The summed E-state index contributed by atoms with van der Waals surface area (Å²) in [6.07, 6.45) is 4.34. The lowest BCUT2D eigenvalue weighted by Crippen LogP contribution is -2.34. The van der Waals surface area contributed by atoms with Crippen LogP contribution in [0.2, 0.25) is 0 Å². The number of aromatic amines is 1. The van der Waals surface area contributed by atoms with E-state index in [1.807, 2.05) is 18.3 Å². The highest BCUT2D eigenvalue weighted by Gasteiger charge is 2.27. The number of methoxy groups -OCH3 is 3. The third-order valence-electron chi connectivity index (χ3n) is 5.43. The van der Waals surface area contributed by atoms with Crippen LogP contribution in [0.4, 0.5) is 0 Å². The first-order chi connectivity index (χ1) is 13.1. The monoisotopic (exact) mass is 373 g/mol. The third-order valence-corrected chi connectivity index (χ3v) is 5.43. The lowest BCUT2D eigenvalue weighted by molar-refractivity contribution is 0.193. The molecule has 1 N–H and O–H groups in total. The Morgan fingerprint density at radius 3 is 2.44 bits per heavy atom. The van der Waals surface area contributed by atoms with E-state index in [0.29, 0.717) is 11.8 Å². The molecule has 1 aliphatic heterocycles. The van der Waals surface area contributed by atoms with Gasteiger partial charge in [0.05, 0.1) is 33.1 Å². The molecule has 0 unspecified atom stereocenters. The van der Waals surface area contributed by atoms with Gasteiger partial charge in [0.25, 0.3) is 0 Å². The number of hydrogen-bond donors (Lipinski definition) is 1. The van der Waals surface area contributed by atoms with E-state index in [4.69, 9.17) is 14.2 Å². The lowest BCUT2D eigenvalue weighted by Gasteiger charge is -2.33. The maximum atomic E-state index is 5.62. The van der Waals surface area contributed by atoms with Crippen molar-refractivity contribution in [1.82, 2.24) is 15.1 Å². The number of hydrogen-bond acceptors (Lipinski definition) is 5. The van der Waals surface area contributed by atoms with E-state index in [1.54, 1.807) is 21.3 Å². The summed E-state index contributed by atoms with van der Waals surface area (Å²) < 4.78 is 16.6. The van der Waals surface area contributed by atoms with Crippen LogP contribution < -0.4 is 14.2 Å². The summed E-state index contributed by atoms with van der Waals surface area (Å²) in [7, 11) is 5.03. The lowest BCUT2D eigenvalue weighted by atomic mass is 9.89. The third kappa shape index (κ3) is 4.21. The smallest absolute Gasteiger partial charge is 0.130 e. The van der Waals surface area contributed by atoms with Crippen LogP contribution in [-0.2, 0) is 6.54 Å². The van der Waals surface area contributed by atoms with Crippen molar-refractivity contribution in [2.45, 2.75) is 45.1 Å². The van der Waals surface area contributed by atoms with Crippen LogP contribution in [0.25, 0.3) is 0 Å². The molecule has 6 nitrogen and oxygen atoms in total. The average molecular weight is 373 g/mol. The molecule has 1 aromatic carbocycles. The Hall–Kier alpha value is -2.21. The summed E-state index contributed by atoms with van der Waals surface area (Å²) in [4.78, 5) is 2.48. The molecule has 6 heteroatoms. The van der Waals surface area contributed by atoms with Crippen molar-refractivity contribution in [3.63, 3.8) is 0 Å². The minimum Gasteiger partial charge on any atom is -0.496 e. The highest BCUT2D eigenvalue weighted by molar-refractivity contribution is 5.50. The topological polar surface area (TPSA) is 59.6 Å². The standard InChI is InChI=1S/C21H31N3O3/c1-14(2)17-11-22-23-21(17)15-7-6-8-24(12-15)13-18-19(26-4)9-16(25-3)10-20(18)27-5/h9-11,14-15H,6-8,12-13H2,1-5H3,(H,22,23)/t15-/m1/s1. The van der Waals surface area contributed by atoms with Gasteiger partial charge >= 0.3 is 0 Å². The van der Waals surface area contributed by atoms with E-state index < -0.39 is 0 Å². The highest BCUT2D eigenvalue weighted by atomic mass is 16.5. The highest BCUT2D eigenvalue weighted by Crippen LogP contribution is 2.37. The van der Waals surface area contributed by atoms with Gasteiger partial charge in [-0.3, -0.25) is 10.00 Å². The van der Waals surface area contributed by atoms with Crippen LogP contribution in [0.1, 0.15) is 55.3 Å². The molecule has 0 aliphatic carbocycles. The molecule has 148 valence electrons.